The van der Waals surface area contributed by atoms with Gasteiger partial charge in [0, 0.05) is 25.7 Å². The Bertz CT molecular complexity index is 276. The first-order valence-corrected chi connectivity index (χ1v) is 5.15. The molecule has 0 radical (unpaired) electrons. The second-order valence-electron chi connectivity index (χ2n) is 4.65. The van der Waals surface area contributed by atoms with Gasteiger partial charge in [0.25, 0.3) is 0 Å². The summed E-state index contributed by atoms with van der Waals surface area (Å²) in [6.07, 6.45) is 3.75. The molecule has 2 saturated carbocycles. The maximum Gasteiger partial charge on any atom is 0.140 e. The van der Waals surface area contributed by atoms with Crippen LogP contribution < -0.4 is 0 Å². The van der Waals surface area contributed by atoms with Gasteiger partial charge in [0.15, 0.2) is 0 Å². The van der Waals surface area contributed by atoms with E-state index in [1.165, 1.54) is 0 Å². The third-order valence-corrected chi connectivity index (χ3v) is 3.41. The fourth-order valence-electron chi connectivity index (χ4n) is 2.66. The zero-order valence-electron chi connectivity index (χ0n) is 8.17. The largest absolute Gasteiger partial charge is 0.300 e. The highest BCUT2D eigenvalue weighted by Gasteiger charge is 2.41. The van der Waals surface area contributed by atoms with Gasteiger partial charge in [0.2, 0.25) is 0 Å². The Morgan fingerprint density at radius 2 is 1.29 bits per heavy atom. The van der Waals surface area contributed by atoms with Crippen molar-refractivity contribution in [2.24, 2.45) is 5.41 Å². The second-order valence-corrected chi connectivity index (χ2v) is 4.65. The third-order valence-electron chi connectivity index (χ3n) is 3.41. The lowest BCUT2D eigenvalue weighted by Crippen LogP contribution is -2.37. The first-order valence-electron chi connectivity index (χ1n) is 5.15. The fraction of sp³-hybridized carbons (Fsp3) is 0.727. The van der Waals surface area contributed by atoms with E-state index in [0.29, 0.717) is 25.7 Å². The van der Waals surface area contributed by atoms with Crippen molar-refractivity contribution in [1.29, 1.82) is 0 Å². The van der Waals surface area contributed by atoms with E-state index in [1.807, 2.05) is 0 Å². The number of rotatable bonds is 0. The normalized spacial score (nSPS) is 27.0. The highest BCUT2D eigenvalue weighted by Crippen LogP contribution is 2.44. The number of hydrogen-bond acceptors (Lipinski definition) is 3. The van der Waals surface area contributed by atoms with Crippen molar-refractivity contribution in [3.05, 3.63) is 0 Å². The van der Waals surface area contributed by atoms with Gasteiger partial charge in [-0.3, -0.25) is 14.4 Å². The molecule has 14 heavy (non-hydrogen) atoms. The summed E-state index contributed by atoms with van der Waals surface area (Å²) >= 11 is 0. The minimum absolute atomic E-state index is 0.0654. The van der Waals surface area contributed by atoms with E-state index < -0.39 is 0 Å². The third kappa shape index (κ3) is 1.76. The average Bonchev–Trinajstić information content (AvgIpc) is 2.09. The SMILES string of the molecule is O=C1CCC2(CC1)CC(=O)CC(=O)C2. The molecule has 3 heteroatoms. The summed E-state index contributed by atoms with van der Waals surface area (Å²) in [5, 5.41) is 0. The summed E-state index contributed by atoms with van der Waals surface area (Å²) in [6, 6.07) is 0. The molecule has 1 spiro atoms. The van der Waals surface area contributed by atoms with Crippen LogP contribution in [0.4, 0.5) is 0 Å². The average molecular weight is 194 g/mol. The molecule has 2 rings (SSSR count). The van der Waals surface area contributed by atoms with Crippen LogP contribution in [-0.2, 0) is 14.4 Å². The number of ketones is 3. The van der Waals surface area contributed by atoms with Crippen LogP contribution in [-0.4, -0.2) is 17.3 Å². The van der Waals surface area contributed by atoms with Crippen molar-refractivity contribution in [2.75, 3.05) is 0 Å². The quantitative estimate of drug-likeness (QED) is 0.548. The molecule has 2 aliphatic rings. The van der Waals surface area contributed by atoms with Crippen LogP contribution in [0.15, 0.2) is 0 Å². The Balaban J connectivity index is 2.11. The van der Waals surface area contributed by atoms with E-state index in [2.05, 4.69) is 0 Å². The Hall–Kier alpha value is -0.990. The summed E-state index contributed by atoms with van der Waals surface area (Å²) in [5.74, 6) is 0.410. The van der Waals surface area contributed by atoms with E-state index in [1.54, 1.807) is 0 Å². The lowest BCUT2D eigenvalue weighted by atomic mass is 9.64. The molecule has 3 nitrogen and oxygen atoms in total. The van der Waals surface area contributed by atoms with Gasteiger partial charge >= 0.3 is 0 Å². The highest BCUT2D eigenvalue weighted by molar-refractivity contribution is 6.02. The number of carbonyl (C=O) groups is 3. The van der Waals surface area contributed by atoms with Crippen molar-refractivity contribution >= 4 is 17.3 Å². The lowest BCUT2D eigenvalue weighted by molar-refractivity contribution is -0.137. The van der Waals surface area contributed by atoms with Crippen LogP contribution in [0.3, 0.4) is 0 Å². The Morgan fingerprint density at radius 1 is 0.786 bits per heavy atom. The summed E-state index contributed by atoms with van der Waals surface area (Å²) in [6.45, 7) is 0. The number of carbonyl (C=O) groups excluding carboxylic acids is 3. The number of Topliss-reactive ketones (excluding diaryl/α,β-unsaturated/α-hetero) is 3. The van der Waals surface area contributed by atoms with Gasteiger partial charge < -0.3 is 0 Å². The van der Waals surface area contributed by atoms with Crippen molar-refractivity contribution < 1.29 is 14.4 Å². The summed E-state index contributed by atoms with van der Waals surface area (Å²) < 4.78 is 0. The standard InChI is InChI=1S/C11H14O3/c12-8-1-3-11(4-2-8)6-9(13)5-10(14)7-11/h1-7H2. The molecule has 76 valence electrons. The Kier molecular flexibility index (Phi) is 2.25. The van der Waals surface area contributed by atoms with E-state index in [4.69, 9.17) is 0 Å². The van der Waals surface area contributed by atoms with E-state index >= 15 is 0 Å². The summed E-state index contributed by atoms with van der Waals surface area (Å²) in [5.41, 5.74) is -0.139. The molecule has 0 aliphatic heterocycles. The maximum absolute atomic E-state index is 11.3. The first-order chi connectivity index (χ1) is 6.60. The molecule has 0 amide bonds. The number of hydrogen-bond donors (Lipinski definition) is 0. The van der Waals surface area contributed by atoms with Crippen molar-refractivity contribution in [3.8, 4) is 0 Å². The van der Waals surface area contributed by atoms with Crippen LogP contribution >= 0.6 is 0 Å². The van der Waals surface area contributed by atoms with Gasteiger partial charge in [-0.2, -0.15) is 0 Å². The van der Waals surface area contributed by atoms with Crippen LogP contribution in [0.2, 0.25) is 0 Å². The van der Waals surface area contributed by atoms with Gasteiger partial charge in [-0.1, -0.05) is 0 Å². The molecule has 2 fully saturated rings. The first kappa shape index (κ1) is 9.56. The fourth-order valence-corrected chi connectivity index (χ4v) is 2.66. The predicted molar refractivity (Wildman–Crippen MR) is 49.8 cm³/mol. The smallest absolute Gasteiger partial charge is 0.140 e. The maximum atomic E-state index is 11.3. The van der Waals surface area contributed by atoms with Crippen molar-refractivity contribution in [1.82, 2.24) is 0 Å². The molecule has 2 aliphatic carbocycles. The van der Waals surface area contributed by atoms with Gasteiger partial charge in [-0.15, -0.1) is 0 Å². The molecule has 0 N–H and O–H groups in total. The predicted octanol–water partition coefficient (Wildman–Crippen LogP) is 1.44. The summed E-state index contributed by atoms with van der Waals surface area (Å²) in [7, 11) is 0. The van der Waals surface area contributed by atoms with Crippen LogP contribution in [0.5, 0.6) is 0 Å². The minimum Gasteiger partial charge on any atom is -0.300 e. The van der Waals surface area contributed by atoms with Crippen molar-refractivity contribution in [3.63, 3.8) is 0 Å². The molecule has 0 atom stereocenters. The Morgan fingerprint density at radius 3 is 1.79 bits per heavy atom. The van der Waals surface area contributed by atoms with Gasteiger partial charge in [0.05, 0.1) is 6.42 Å². The minimum atomic E-state index is -0.139. The van der Waals surface area contributed by atoms with E-state index in [0.717, 1.165) is 12.8 Å². The van der Waals surface area contributed by atoms with Gasteiger partial charge in [0.1, 0.15) is 17.3 Å². The van der Waals surface area contributed by atoms with E-state index in [9.17, 15) is 14.4 Å². The second kappa shape index (κ2) is 3.30. The molecule has 0 aromatic carbocycles. The molecular weight excluding hydrogens is 180 g/mol. The van der Waals surface area contributed by atoms with Crippen LogP contribution in [0.1, 0.15) is 44.9 Å². The highest BCUT2D eigenvalue weighted by atomic mass is 16.1. The van der Waals surface area contributed by atoms with Gasteiger partial charge in [-0.05, 0) is 18.3 Å². The van der Waals surface area contributed by atoms with Gasteiger partial charge in [-0.25, -0.2) is 0 Å². The molecule has 0 bridgehead atoms. The monoisotopic (exact) mass is 194 g/mol. The van der Waals surface area contributed by atoms with Crippen LogP contribution in [0, 0.1) is 5.41 Å². The van der Waals surface area contributed by atoms with Crippen molar-refractivity contribution in [2.45, 2.75) is 44.9 Å². The Labute approximate surface area is 82.9 Å². The molecule has 0 aromatic rings. The molecule has 0 unspecified atom stereocenters. The van der Waals surface area contributed by atoms with E-state index in [-0.39, 0.29) is 29.2 Å². The zero-order valence-corrected chi connectivity index (χ0v) is 8.17. The molecule has 0 saturated heterocycles. The van der Waals surface area contributed by atoms with Crippen LogP contribution in [0.25, 0.3) is 0 Å². The summed E-state index contributed by atoms with van der Waals surface area (Å²) in [4.78, 5) is 33.7. The lowest BCUT2D eigenvalue weighted by Gasteiger charge is -2.38. The zero-order chi connectivity index (χ0) is 10.2. The molecule has 0 heterocycles. The molecule has 0 aromatic heterocycles. The topological polar surface area (TPSA) is 51.2 Å². The molecular formula is C11H14O3.